The minimum atomic E-state index is -1.11. The number of carbonyl (C=O) groups is 3. The summed E-state index contributed by atoms with van der Waals surface area (Å²) in [4.78, 5) is 41.5. The molecule has 3 aliphatic rings. The fourth-order valence-corrected chi connectivity index (χ4v) is 4.69. The summed E-state index contributed by atoms with van der Waals surface area (Å²) in [5.41, 5.74) is 6.73. The second kappa shape index (κ2) is 9.44. The summed E-state index contributed by atoms with van der Waals surface area (Å²) in [6.45, 7) is 0.396. The van der Waals surface area contributed by atoms with Gasteiger partial charge in [-0.25, -0.2) is 15.1 Å². The summed E-state index contributed by atoms with van der Waals surface area (Å²) in [7, 11) is 0. The number of amides is 2. The van der Waals surface area contributed by atoms with Crippen LogP contribution in [0.25, 0.3) is 11.1 Å². The maximum absolute atomic E-state index is 12.6. The topological polar surface area (TPSA) is 123 Å². The smallest absolute Gasteiger partial charge is 0.407 e. The predicted molar refractivity (Wildman–Crippen MR) is 120 cm³/mol. The molecule has 2 fully saturated rings. The van der Waals surface area contributed by atoms with Crippen LogP contribution in [0.1, 0.15) is 29.9 Å². The number of ether oxygens (including phenoxy) is 2. The zero-order chi connectivity index (χ0) is 23.7. The quantitative estimate of drug-likeness (QED) is 0.511. The maximum Gasteiger partial charge on any atom is 0.407 e. The highest BCUT2D eigenvalue weighted by atomic mass is 16.7. The summed E-state index contributed by atoms with van der Waals surface area (Å²) in [6.07, 6.45) is -0.200. The molecule has 1 saturated heterocycles. The van der Waals surface area contributed by atoms with Crippen LogP contribution in [0.3, 0.4) is 0 Å². The third-order valence-electron chi connectivity index (χ3n) is 6.64. The van der Waals surface area contributed by atoms with E-state index < -0.39 is 36.0 Å². The number of hydrogen-bond acceptors (Lipinski definition) is 6. The van der Waals surface area contributed by atoms with Crippen LogP contribution in [-0.4, -0.2) is 55.0 Å². The Kier molecular flexibility index (Phi) is 6.21. The van der Waals surface area contributed by atoms with Crippen molar-refractivity contribution in [1.82, 2.24) is 10.8 Å². The van der Waals surface area contributed by atoms with E-state index in [4.69, 9.17) is 14.3 Å². The number of benzene rings is 2. The fourth-order valence-electron chi connectivity index (χ4n) is 4.69. The number of hydrogen-bond donors (Lipinski definition) is 3. The monoisotopic (exact) mass is 466 g/mol. The Morgan fingerprint density at radius 2 is 1.65 bits per heavy atom. The molecule has 3 atom stereocenters. The van der Waals surface area contributed by atoms with Crippen LogP contribution in [0, 0.1) is 11.8 Å². The molecule has 0 aromatic heterocycles. The number of carboxylic acid groups (broad SMARTS) is 1. The Morgan fingerprint density at radius 1 is 1.00 bits per heavy atom. The van der Waals surface area contributed by atoms with Crippen molar-refractivity contribution in [3.05, 3.63) is 59.7 Å². The van der Waals surface area contributed by atoms with Gasteiger partial charge in [0, 0.05) is 5.92 Å². The first-order chi connectivity index (χ1) is 16.5. The molecule has 0 bridgehead atoms. The second-order valence-corrected chi connectivity index (χ2v) is 8.90. The summed E-state index contributed by atoms with van der Waals surface area (Å²) in [5, 5.41) is 11.9. The van der Waals surface area contributed by atoms with Crippen LogP contribution in [0.15, 0.2) is 48.5 Å². The minimum absolute atomic E-state index is 0.0687. The van der Waals surface area contributed by atoms with Crippen LogP contribution >= 0.6 is 0 Å². The van der Waals surface area contributed by atoms with Crippen LogP contribution in [0.5, 0.6) is 0 Å². The van der Waals surface area contributed by atoms with Crippen LogP contribution in [0.2, 0.25) is 0 Å². The van der Waals surface area contributed by atoms with Gasteiger partial charge in [0.2, 0.25) is 0 Å². The van der Waals surface area contributed by atoms with Gasteiger partial charge in [0.25, 0.3) is 5.91 Å². The average molecular weight is 466 g/mol. The highest BCUT2D eigenvalue weighted by molar-refractivity contribution is 5.81. The van der Waals surface area contributed by atoms with Gasteiger partial charge in [0.15, 0.2) is 6.10 Å². The number of fused-ring (bicyclic) bond motifs is 3. The lowest BCUT2D eigenvalue weighted by Crippen LogP contribution is -2.47. The van der Waals surface area contributed by atoms with E-state index in [1.807, 2.05) is 36.4 Å². The lowest BCUT2D eigenvalue weighted by Gasteiger charge is -2.20. The number of carboxylic acids is 1. The number of alkyl carbamates (subject to hydrolysis) is 1. The van der Waals surface area contributed by atoms with E-state index in [0.717, 1.165) is 35.1 Å². The SMILES string of the molecule is O=C(NC1COCC1C(=O)NOC(C(=O)O)C1CC1)OCC1c2ccccc2-c2ccccc21. The number of hydroxylamine groups is 1. The van der Waals surface area contributed by atoms with E-state index in [2.05, 4.69) is 22.9 Å². The third-order valence-corrected chi connectivity index (χ3v) is 6.64. The number of aliphatic carboxylic acids is 1. The highest BCUT2D eigenvalue weighted by Gasteiger charge is 2.40. The molecular formula is C25H26N2O7. The molecule has 9 heteroatoms. The van der Waals surface area contributed by atoms with Gasteiger partial charge in [0.1, 0.15) is 6.61 Å². The van der Waals surface area contributed by atoms with E-state index in [1.165, 1.54) is 0 Å². The lowest BCUT2D eigenvalue weighted by atomic mass is 9.98. The molecule has 3 unspecified atom stereocenters. The van der Waals surface area contributed by atoms with Crippen molar-refractivity contribution >= 4 is 18.0 Å². The zero-order valence-electron chi connectivity index (χ0n) is 18.4. The summed E-state index contributed by atoms with van der Waals surface area (Å²) in [6, 6.07) is 15.5. The largest absolute Gasteiger partial charge is 0.479 e. The van der Waals surface area contributed by atoms with E-state index in [1.54, 1.807) is 0 Å². The lowest BCUT2D eigenvalue weighted by molar-refractivity contribution is -0.163. The van der Waals surface area contributed by atoms with Gasteiger partial charge in [0.05, 0.1) is 25.2 Å². The van der Waals surface area contributed by atoms with E-state index in [0.29, 0.717) is 0 Å². The number of carbonyl (C=O) groups excluding carboxylic acids is 2. The summed E-state index contributed by atoms with van der Waals surface area (Å²) >= 11 is 0. The molecule has 5 rings (SSSR count). The number of nitrogens with one attached hydrogen (secondary N) is 2. The molecule has 2 aliphatic carbocycles. The standard InChI is InChI=1S/C25H26N2O7/c28-23(27-34-22(24(29)30)14-9-10-14)20-11-32-13-21(20)26-25(31)33-12-19-17-7-3-1-5-15(17)16-6-2-4-8-18(16)19/h1-8,14,19-22H,9-13H2,(H,26,31)(H,27,28)(H,29,30). The van der Waals surface area contributed by atoms with Gasteiger partial charge < -0.3 is 19.9 Å². The van der Waals surface area contributed by atoms with Gasteiger partial charge in [-0.05, 0) is 41.0 Å². The Hall–Kier alpha value is -3.43. The molecule has 0 radical (unpaired) electrons. The van der Waals surface area contributed by atoms with Crippen molar-refractivity contribution in [3.63, 3.8) is 0 Å². The fraction of sp³-hybridized carbons (Fsp3) is 0.400. The number of rotatable bonds is 8. The predicted octanol–water partition coefficient (Wildman–Crippen LogP) is 2.45. The molecule has 1 aliphatic heterocycles. The molecule has 2 aromatic rings. The Bertz CT molecular complexity index is 1050. The zero-order valence-corrected chi connectivity index (χ0v) is 18.4. The average Bonchev–Trinajstić information content (AvgIpc) is 3.47. The molecule has 1 saturated carbocycles. The molecule has 178 valence electrons. The molecule has 3 N–H and O–H groups in total. The van der Waals surface area contributed by atoms with Crippen molar-refractivity contribution in [2.75, 3.05) is 19.8 Å². The maximum atomic E-state index is 12.6. The van der Waals surface area contributed by atoms with Crippen molar-refractivity contribution < 1.29 is 33.8 Å². The van der Waals surface area contributed by atoms with E-state index in [9.17, 15) is 19.5 Å². The normalized spacial score (nSPS) is 21.9. The molecule has 2 amide bonds. The van der Waals surface area contributed by atoms with Crippen LogP contribution in [0.4, 0.5) is 4.79 Å². The molecule has 1 heterocycles. The summed E-state index contributed by atoms with van der Waals surface area (Å²) < 4.78 is 10.9. The van der Waals surface area contributed by atoms with Gasteiger partial charge in [-0.2, -0.15) is 0 Å². The van der Waals surface area contributed by atoms with E-state index >= 15 is 0 Å². The first-order valence-electron chi connectivity index (χ1n) is 11.4. The first-order valence-corrected chi connectivity index (χ1v) is 11.4. The highest BCUT2D eigenvalue weighted by Crippen LogP contribution is 2.44. The summed E-state index contributed by atoms with van der Waals surface area (Å²) in [5.74, 6) is -2.52. The first kappa shape index (κ1) is 22.4. The Morgan fingerprint density at radius 3 is 2.26 bits per heavy atom. The van der Waals surface area contributed by atoms with E-state index in [-0.39, 0.29) is 31.7 Å². The van der Waals surface area contributed by atoms with Crippen molar-refractivity contribution in [3.8, 4) is 11.1 Å². The van der Waals surface area contributed by atoms with Crippen LogP contribution in [-0.2, 0) is 23.9 Å². The van der Waals surface area contributed by atoms with Crippen LogP contribution < -0.4 is 10.8 Å². The molecule has 2 aromatic carbocycles. The van der Waals surface area contributed by atoms with Crippen molar-refractivity contribution in [2.45, 2.75) is 30.9 Å². The Balaban J connectivity index is 1.16. The molecule has 9 nitrogen and oxygen atoms in total. The second-order valence-electron chi connectivity index (χ2n) is 8.90. The molecule has 0 spiro atoms. The Labute approximate surface area is 196 Å². The molecular weight excluding hydrogens is 440 g/mol. The molecule has 34 heavy (non-hydrogen) atoms. The van der Waals surface area contributed by atoms with Crippen molar-refractivity contribution in [1.29, 1.82) is 0 Å². The minimum Gasteiger partial charge on any atom is -0.479 e. The van der Waals surface area contributed by atoms with Crippen molar-refractivity contribution in [2.24, 2.45) is 11.8 Å². The van der Waals surface area contributed by atoms with Gasteiger partial charge in [-0.1, -0.05) is 48.5 Å². The van der Waals surface area contributed by atoms with Gasteiger partial charge in [-0.15, -0.1) is 0 Å². The van der Waals surface area contributed by atoms with Gasteiger partial charge >= 0.3 is 12.1 Å². The van der Waals surface area contributed by atoms with Gasteiger partial charge in [-0.3, -0.25) is 9.63 Å². The third kappa shape index (κ3) is 4.49.